The van der Waals surface area contributed by atoms with E-state index in [1.807, 2.05) is 0 Å². The number of nitro groups is 1. The van der Waals surface area contributed by atoms with Crippen LogP contribution in [0, 0.1) is 10.1 Å². The highest BCUT2D eigenvalue weighted by Gasteiger charge is 2.37. The molecule has 2 amide bonds. The minimum Gasteiger partial charge on any atom is -0.457 e. The number of hydrogen-bond acceptors (Lipinski definition) is 6. The molecule has 148 valence electrons. The Bertz CT molecular complexity index is 1230. The average molecular weight is 402 g/mol. The van der Waals surface area contributed by atoms with E-state index in [-0.39, 0.29) is 34.1 Å². The summed E-state index contributed by atoms with van der Waals surface area (Å²) in [5, 5.41) is 10.9. The Labute approximate surface area is 170 Å². The van der Waals surface area contributed by atoms with Crippen LogP contribution in [-0.2, 0) is 0 Å². The monoisotopic (exact) mass is 402 g/mol. The second-order valence-electron chi connectivity index (χ2n) is 6.62. The highest BCUT2D eigenvalue weighted by Crippen LogP contribution is 2.33. The molecule has 1 aliphatic rings. The van der Waals surface area contributed by atoms with E-state index < -0.39 is 16.7 Å². The Balaban J connectivity index is 1.65. The summed E-state index contributed by atoms with van der Waals surface area (Å²) in [4.78, 5) is 48.7. The highest BCUT2D eigenvalue weighted by atomic mass is 16.6. The third kappa shape index (κ3) is 3.30. The third-order valence-corrected chi connectivity index (χ3v) is 4.63. The largest absolute Gasteiger partial charge is 0.457 e. The molecule has 1 heterocycles. The van der Waals surface area contributed by atoms with E-state index in [1.165, 1.54) is 49.4 Å². The maximum absolute atomic E-state index is 12.9. The number of imide groups is 1. The third-order valence-electron chi connectivity index (χ3n) is 4.63. The lowest BCUT2D eigenvalue weighted by Crippen LogP contribution is -2.29. The summed E-state index contributed by atoms with van der Waals surface area (Å²) in [7, 11) is 0. The Morgan fingerprint density at radius 2 is 1.60 bits per heavy atom. The van der Waals surface area contributed by atoms with E-state index >= 15 is 0 Å². The SMILES string of the molecule is CC(=O)c1cccc(N2C(=O)c3ccc(Oc4cccc([N+](=O)[O-])c4)cc3C2=O)c1. The predicted molar refractivity (Wildman–Crippen MR) is 107 cm³/mol. The number of nitrogens with zero attached hydrogens (tertiary/aromatic N) is 2. The van der Waals surface area contributed by atoms with E-state index in [0.29, 0.717) is 11.3 Å². The lowest BCUT2D eigenvalue weighted by Gasteiger charge is -2.14. The number of Topliss-reactive ketones (excluding diaryl/α,β-unsaturated/α-hetero) is 1. The molecular formula is C22H14N2O6. The van der Waals surface area contributed by atoms with Gasteiger partial charge in [0.15, 0.2) is 5.78 Å². The van der Waals surface area contributed by atoms with Crippen molar-refractivity contribution in [2.45, 2.75) is 6.92 Å². The number of fused-ring (bicyclic) bond motifs is 1. The molecule has 0 radical (unpaired) electrons. The van der Waals surface area contributed by atoms with Gasteiger partial charge in [-0.25, -0.2) is 4.90 Å². The molecule has 0 aromatic heterocycles. The summed E-state index contributed by atoms with van der Waals surface area (Å²) in [5.74, 6) is -0.736. The van der Waals surface area contributed by atoms with Crippen LogP contribution in [0.3, 0.4) is 0 Å². The predicted octanol–water partition coefficient (Wildman–Crippen LogP) is 4.39. The molecule has 4 rings (SSSR count). The number of ether oxygens (including phenoxy) is 1. The molecule has 0 N–H and O–H groups in total. The molecule has 8 nitrogen and oxygen atoms in total. The first kappa shape index (κ1) is 19.0. The number of ketones is 1. The molecule has 0 bridgehead atoms. The van der Waals surface area contributed by atoms with Crippen LogP contribution in [0.15, 0.2) is 66.7 Å². The molecule has 3 aromatic rings. The molecule has 8 heteroatoms. The first-order valence-electron chi connectivity index (χ1n) is 8.91. The number of amides is 2. The molecule has 3 aromatic carbocycles. The second-order valence-corrected chi connectivity index (χ2v) is 6.62. The Morgan fingerprint density at radius 1 is 0.900 bits per heavy atom. The fraction of sp³-hybridized carbons (Fsp3) is 0.0455. The van der Waals surface area contributed by atoms with Gasteiger partial charge < -0.3 is 4.74 Å². The van der Waals surface area contributed by atoms with Crippen molar-refractivity contribution >= 4 is 29.0 Å². The van der Waals surface area contributed by atoms with Crippen LogP contribution in [0.5, 0.6) is 11.5 Å². The fourth-order valence-electron chi connectivity index (χ4n) is 3.18. The van der Waals surface area contributed by atoms with E-state index in [1.54, 1.807) is 24.3 Å². The van der Waals surface area contributed by atoms with Crippen molar-refractivity contribution in [3.63, 3.8) is 0 Å². The zero-order chi connectivity index (χ0) is 21.4. The van der Waals surface area contributed by atoms with Gasteiger partial charge in [-0.05, 0) is 43.3 Å². The maximum Gasteiger partial charge on any atom is 0.273 e. The Hall–Kier alpha value is -4.33. The van der Waals surface area contributed by atoms with E-state index in [0.717, 1.165) is 4.90 Å². The minimum atomic E-state index is -0.541. The fourth-order valence-corrected chi connectivity index (χ4v) is 3.18. The smallest absolute Gasteiger partial charge is 0.273 e. The average Bonchev–Trinajstić information content (AvgIpc) is 2.98. The van der Waals surface area contributed by atoms with Gasteiger partial charge >= 0.3 is 0 Å². The van der Waals surface area contributed by atoms with Gasteiger partial charge in [-0.3, -0.25) is 24.5 Å². The maximum atomic E-state index is 12.9. The summed E-state index contributed by atoms with van der Waals surface area (Å²) in [6.45, 7) is 1.40. The molecule has 1 aliphatic heterocycles. The molecule has 0 spiro atoms. The summed E-state index contributed by atoms with van der Waals surface area (Å²) < 4.78 is 5.64. The van der Waals surface area contributed by atoms with Crippen molar-refractivity contribution < 1.29 is 24.0 Å². The first-order valence-corrected chi connectivity index (χ1v) is 8.91. The van der Waals surface area contributed by atoms with Gasteiger partial charge in [-0.1, -0.05) is 18.2 Å². The number of hydrogen-bond donors (Lipinski definition) is 0. The second kappa shape index (κ2) is 7.25. The van der Waals surface area contributed by atoms with Crippen LogP contribution >= 0.6 is 0 Å². The van der Waals surface area contributed by atoms with Gasteiger partial charge in [0.25, 0.3) is 17.5 Å². The zero-order valence-corrected chi connectivity index (χ0v) is 15.7. The van der Waals surface area contributed by atoms with Gasteiger partial charge in [0.1, 0.15) is 11.5 Å². The molecule has 0 aliphatic carbocycles. The van der Waals surface area contributed by atoms with Crippen LogP contribution in [0.4, 0.5) is 11.4 Å². The quantitative estimate of drug-likeness (QED) is 0.271. The summed E-state index contributed by atoms with van der Waals surface area (Å²) in [6.07, 6.45) is 0. The first-order chi connectivity index (χ1) is 14.3. The lowest BCUT2D eigenvalue weighted by atomic mass is 10.1. The van der Waals surface area contributed by atoms with E-state index in [2.05, 4.69) is 0 Å². The molecular weight excluding hydrogens is 388 g/mol. The number of rotatable bonds is 5. The standard InChI is InChI=1S/C22H14N2O6/c1-13(25)14-4-2-5-15(10-14)23-21(26)19-9-8-18(12-20(19)22(23)27)30-17-7-3-6-16(11-17)24(28)29/h2-12H,1H3. The van der Waals surface area contributed by atoms with Crippen molar-refractivity contribution in [2.75, 3.05) is 4.90 Å². The summed E-state index contributed by atoms with van der Waals surface area (Å²) >= 11 is 0. The van der Waals surface area contributed by atoms with Crippen molar-refractivity contribution in [3.05, 3.63) is 93.5 Å². The molecule has 0 fully saturated rings. The molecule has 0 atom stereocenters. The van der Waals surface area contributed by atoms with Crippen molar-refractivity contribution in [1.29, 1.82) is 0 Å². The normalized spacial score (nSPS) is 12.6. The van der Waals surface area contributed by atoms with Crippen LogP contribution < -0.4 is 9.64 Å². The van der Waals surface area contributed by atoms with Crippen LogP contribution in [-0.4, -0.2) is 22.5 Å². The lowest BCUT2D eigenvalue weighted by molar-refractivity contribution is -0.384. The van der Waals surface area contributed by atoms with Crippen molar-refractivity contribution in [3.8, 4) is 11.5 Å². The van der Waals surface area contributed by atoms with E-state index in [9.17, 15) is 24.5 Å². The van der Waals surface area contributed by atoms with Gasteiger partial charge in [0, 0.05) is 11.6 Å². The Kier molecular flexibility index (Phi) is 4.59. The number of carbonyl (C=O) groups is 3. The topological polar surface area (TPSA) is 107 Å². The van der Waals surface area contributed by atoms with E-state index in [4.69, 9.17) is 4.74 Å². The number of anilines is 1. The summed E-state index contributed by atoms with van der Waals surface area (Å²) in [5.41, 5.74) is 0.918. The van der Waals surface area contributed by atoms with Crippen molar-refractivity contribution in [2.24, 2.45) is 0 Å². The van der Waals surface area contributed by atoms with Crippen molar-refractivity contribution in [1.82, 2.24) is 0 Å². The molecule has 0 saturated carbocycles. The van der Waals surface area contributed by atoms with Crippen LogP contribution in [0.1, 0.15) is 38.0 Å². The minimum absolute atomic E-state index is 0.128. The van der Waals surface area contributed by atoms with Crippen LogP contribution in [0.2, 0.25) is 0 Å². The number of benzene rings is 3. The Morgan fingerprint density at radius 3 is 2.33 bits per heavy atom. The number of non-ortho nitro benzene ring substituents is 1. The van der Waals surface area contributed by atoms with Gasteiger partial charge in [0.2, 0.25) is 0 Å². The molecule has 0 unspecified atom stereocenters. The van der Waals surface area contributed by atoms with Gasteiger partial charge in [-0.15, -0.1) is 0 Å². The molecule has 0 saturated heterocycles. The van der Waals surface area contributed by atoms with Gasteiger partial charge in [-0.2, -0.15) is 0 Å². The number of nitro benzene ring substituents is 1. The van der Waals surface area contributed by atoms with Crippen LogP contribution in [0.25, 0.3) is 0 Å². The number of carbonyl (C=O) groups excluding carboxylic acids is 3. The summed E-state index contributed by atoms with van der Waals surface area (Å²) in [6, 6.07) is 16.3. The highest BCUT2D eigenvalue weighted by molar-refractivity contribution is 6.34. The zero-order valence-electron chi connectivity index (χ0n) is 15.7. The molecule has 30 heavy (non-hydrogen) atoms. The van der Waals surface area contributed by atoms with Gasteiger partial charge in [0.05, 0.1) is 27.8 Å².